The number of carbonyl (C=O) groups is 1. The number of benzene rings is 2. The number of furan rings is 1. The lowest BCUT2D eigenvalue weighted by Crippen LogP contribution is -1.97. The number of imidazole rings is 1. The number of ether oxygens (including phenoxy) is 2. The number of nitrogens with zero attached hydrogens (tertiary/aromatic N) is 1. The molecule has 0 fully saturated rings. The van der Waals surface area contributed by atoms with Crippen LogP contribution in [0.2, 0.25) is 0 Å². The van der Waals surface area contributed by atoms with E-state index in [0.717, 1.165) is 16.4 Å². The number of methoxy groups -OCH3 is 1. The highest BCUT2D eigenvalue weighted by molar-refractivity contribution is 5.92. The van der Waals surface area contributed by atoms with Gasteiger partial charge in [0.2, 0.25) is 5.76 Å². The fraction of sp³-hybridized carbons (Fsp3) is 0.0588. The van der Waals surface area contributed by atoms with Gasteiger partial charge in [-0.05, 0) is 30.3 Å². The van der Waals surface area contributed by atoms with Crippen molar-refractivity contribution in [2.24, 2.45) is 0 Å². The predicted octanol–water partition coefficient (Wildman–Crippen LogP) is 3.89. The van der Waals surface area contributed by atoms with Crippen molar-refractivity contribution < 1.29 is 18.7 Å². The fourth-order valence-electron chi connectivity index (χ4n) is 2.39. The molecule has 0 bridgehead atoms. The van der Waals surface area contributed by atoms with Gasteiger partial charge in [-0.25, -0.2) is 9.78 Å². The van der Waals surface area contributed by atoms with Crippen molar-refractivity contribution in [1.29, 1.82) is 0 Å². The first-order valence-electron chi connectivity index (χ1n) is 6.96. The molecule has 0 saturated heterocycles. The van der Waals surface area contributed by atoms with Crippen LogP contribution in [0.25, 0.3) is 22.0 Å². The minimum atomic E-state index is -0.506. The molecule has 4 aromatic rings. The van der Waals surface area contributed by atoms with Crippen LogP contribution < -0.4 is 4.74 Å². The average molecular weight is 308 g/mol. The SMILES string of the molecule is COC(=O)c1cc2ccc(Oc3ccc4nc[nH]c4c3)cc2o1. The molecule has 2 aromatic heterocycles. The summed E-state index contributed by atoms with van der Waals surface area (Å²) in [6, 6.07) is 12.6. The Bertz CT molecular complexity index is 1020. The molecule has 0 atom stereocenters. The van der Waals surface area contributed by atoms with Crippen LogP contribution >= 0.6 is 0 Å². The number of hydrogen-bond acceptors (Lipinski definition) is 5. The second-order valence-electron chi connectivity index (χ2n) is 4.99. The number of fused-ring (bicyclic) bond motifs is 2. The maximum atomic E-state index is 11.5. The highest BCUT2D eigenvalue weighted by Crippen LogP contribution is 2.29. The Morgan fingerprint density at radius 2 is 1.96 bits per heavy atom. The van der Waals surface area contributed by atoms with Crippen molar-refractivity contribution in [3.05, 3.63) is 54.6 Å². The number of rotatable bonds is 3. The number of esters is 1. The number of nitrogens with one attached hydrogen (secondary N) is 1. The van der Waals surface area contributed by atoms with Crippen molar-refractivity contribution >= 4 is 28.0 Å². The predicted molar refractivity (Wildman–Crippen MR) is 83.7 cm³/mol. The van der Waals surface area contributed by atoms with Gasteiger partial charge < -0.3 is 18.9 Å². The third-order valence-corrected chi connectivity index (χ3v) is 3.51. The summed E-state index contributed by atoms with van der Waals surface area (Å²) >= 11 is 0. The summed E-state index contributed by atoms with van der Waals surface area (Å²) in [7, 11) is 1.32. The lowest BCUT2D eigenvalue weighted by Gasteiger charge is -2.05. The fourth-order valence-corrected chi connectivity index (χ4v) is 2.39. The monoisotopic (exact) mass is 308 g/mol. The summed E-state index contributed by atoms with van der Waals surface area (Å²) in [5.41, 5.74) is 2.33. The van der Waals surface area contributed by atoms with Gasteiger partial charge in [0.05, 0.1) is 24.5 Å². The number of hydrogen-bond donors (Lipinski definition) is 1. The topological polar surface area (TPSA) is 77.4 Å². The van der Waals surface area contributed by atoms with E-state index in [4.69, 9.17) is 9.15 Å². The standard InChI is InChI=1S/C17H12N2O4/c1-21-17(20)16-6-10-2-3-12(8-15(10)23-16)22-11-4-5-13-14(7-11)19-9-18-13/h2-9H,1H3,(H,18,19). The molecule has 0 spiro atoms. The van der Waals surface area contributed by atoms with E-state index in [2.05, 4.69) is 14.7 Å². The van der Waals surface area contributed by atoms with E-state index >= 15 is 0 Å². The quantitative estimate of drug-likeness (QED) is 0.581. The molecule has 4 rings (SSSR count). The molecular weight excluding hydrogens is 296 g/mol. The average Bonchev–Trinajstić information content (AvgIpc) is 3.19. The second kappa shape index (κ2) is 5.17. The second-order valence-corrected chi connectivity index (χ2v) is 4.99. The molecule has 23 heavy (non-hydrogen) atoms. The van der Waals surface area contributed by atoms with Crippen molar-refractivity contribution in [3.8, 4) is 11.5 Å². The van der Waals surface area contributed by atoms with Crippen LogP contribution in [0.1, 0.15) is 10.6 Å². The van der Waals surface area contributed by atoms with Gasteiger partial charge in [-0.3, -0.25) is 0 Å². The van der Waals surface area contributed by atoms with Crippen molar-refractivity contribution in [2.75, 3.05) is 7.11 Å². The minimum Gasteiger partial charge on any atom is -0.463 e. The molecule has 0 aliphatic rings. The molecule has 0 radical (unpaired) electrons. The molecular formula is C17H12N2O4. The molecule has 0 saturated carbocycles. The first-order valence-corrected chi connectivity index (χ1v) is 6.96. The molecule has 6 heteroatoms. The van der Waals surface area contributed by atoms with Gasteiger partial charge in [-0.1, -0.05) is 0 Å². The maximum Gasteiger partial charge on any atom is 0.373 e. The van der Waals surface area contributed by atoms with E-state index in [1.807, 2.05) is 30.3 Å². The normalized spacial score (nSPS) is 11.0. The van der Waals surface area contributed by atoms with Gasteiger partial charge in [-0.15, -0.1) is 0 Å². The van der Waals surface area contributed by atoms with Gasteiger partial charge in [-0.2, -0.15) is 0 Å². The van der Waals surface area contributed by atoms with E-state index in [1.165, 1.54) is 7.11 Å². The van der Waals surface area contributed by atoms with Gasteiger partial charge >= 0.3 is 5.97 Å². The first kappa shape index (κ1) is 13.4. The molecule has 1 N–H and O–H groups in total. The molecule has 2 heterocycles. The van der Waals surface area contributed by atoms with Crippen LogP contribution in [0, 0.1) is 0 Å². The van der Waals surface area contributed by atoms with Crippen LogP contribution in [0.5, 0.6) is 11.5 Å². The van der Waals surface area contributed by atoms with Gasteiger partial charge in [0.1, 0.15) is 17.1 Å². The third kappa shape index (κ3) is 2.40. The molecule has 2 aromatic carbocycles. The Labute approximate surface area is 130 Å². The summed E-state index contributed by atoms with van der Waals surface area (Å²) < 4.78 is 16.0. The highest BCUT2D eigenvalue weighted by atomic mass is 16.5. The molecule has 0 aliphatic heterocycles. The summed E-state index contributed by atoms with van der Waals surface area (Å²) in [6.45, 7) is 0. The van der Waals surface area contributed by atoms with Crippen LogP contribution in [0.15, 0.2) is 53.2 Å². The number of carbonyl (C=O) groups excluding carboxylic acids is 1. The summed E-state index contributed by atoms with van der Waals surface area (Å²) in [4.78, 5) is 18.7. The zero-order valence-corrected chi connectivity index (χ0v) is 12.2. The van der Waals surface area contributed by atoms with Crippen LogP contribution in [0.4, 0.5) is 0 Å². The lowest BCUT2D eigenvalue weighted by molar-refractivity contribution is 0.0567. The first-order chi connectivity index (χ1) is 11.2. The van der Waals surface area contributed by atoms with Crippen LogP contribution in [-0.2, 0) is 4.74 Å². The number of aromatic amines is 1. The number of aromatic nitrogens is 2. The van der Waals surface area contributed by atoms with Crippen molar-refractivity contribution in [1.82, 2.24) is 9.97 Å². The molecule has 114 valence electrons. The maximum absolute atomic E-state index is 11.5. The smallest absolute Gasteiger partial charge is 0.373 e. The minimum absolute atomic E-state index is 0.165. The van der Waals surface area contributed by atoms with Gasteiger partial charge in [0.15, 0.2) is 0 Å². The molecule has 6 nitrogen and oxygen atoms in total. The molecule has 0 amide bonds. The zero-order chi connectivity index (χ0) is 15.8. The van der Waals surface area contributed by atoms with E-state index < -0.39 is 5.97 Å². The zero-order valence-electron chi connectivity index (χ0n) is 12.2. The Balaban J connectivity index is 1.66. The van der Waals surface area contributed by atoms with E-state index in [0.29, 0.717) is 17.1 Å². The number of H-pyrrole nitrogens is 1. The Hall–Kier alpha value is -3.28. The van der Waals surface area contributed by atoms with Gasteiger partial charge in [0.25, 0.3) is 0 Å². The summed E-state index contributed by atoms with van der Waals surface area (Å²) in [6.07, 6.45) is 1.64. The van der Waals surface area contributed by atoms with E-state index in [1.54, 1.807) is 18.5 Å². The highest BCUT2D eigenvalue weighted by Gasteiger charge is 2.13. The Morgan fingerprint density at radius 3 is 2.83 bits per heavy atom. The summed E-state index contributed by atoms with van der Waals surface area (Å²) in [5, 5.41) is 0.807. The van der Waals surface area contributed by atoms with Crippen LogP contribution in [0.3, 0.4) is 0 Å². The Kier molecular flexibility index (Phi) is 3.01. The molecule has 0 aliphatic carbocycles. The molecule has 0 unspecified atom stereocenters. The lowest BCUT2D eigenvalue weighted by atomic mass is 10.2. The van der Waals surface area contributed by atoms with Crippen molar-refractivity contribution in [3.63, 3.8) is 0 Å². The van der Waals surface area contributed by atoms with E-state index in [-0.39, 0.29) is 5.76 Å². The third-order valence-electron chi connectivity index (χ3n) is 3.51. The van der Waals surface area contributed by atoms with E-state index in [9.17, 15) is 4.79 Å². The Morgan fingerprint density at radius 1 is 1.13 bits per heavy atom. The van der Waals surface area contributed by atoms with Crippen molar-refractivity contribution in [2.45, 2.75) is 0 Å². The van der Waals surface area contributed by atoms with Crippen LogP contribution in [-0.4, -0.2) is 23.0 Å². The largest absolute Gasteiger partial charge is 0.463 e. The van der Waals surface area contributed by atoms with Gasteiger partial charge in [0, 0.05) is 17.5 Å². The summed E-state index contributed by atoms with van der Waals surface area (Å²) in [5.74, 6) is 0.954.